The average molecular weight is 336 g/mol. The van der Waals surface area contributed by atoms with Crippen molar-refractivity contribution in [2.24, 2.45) is 0 Å². The zero-order valence-corrected chi connectivity index (χ0v) is 14.4. The third-order valence-electron chi connectivity index (χ3n) is 2.54. The Morgan fingerprint density at radius 2 is 1.62 bits per heavy atom. The highest BCUT2D eigenvalue weighted by Gasteiger charge is 2.27. The number of benzene rings is 1. The van der Waals surface area contributed by atoms with E-state index in [2.05, 4.69) is 0 Å². The van der Waals surface area contributed by atoms with E-state index in [1.165, 1.54) is 14.2 Å². The summed E-state index contributed by atoms with van der Waals surface area (Å²) in [5, 5.41) is 0. The zero-order valence-electron chi connectivity index (χ0n) is 12.7. The Labute approximate surface area is 127 Å². The van der Waals surface area contributed by atoms with Gasteiger partial charge in [0.05, 0.1) is 38.2 Å². The quantitative estimate of drug-likeness (QED) is 0.646. The Bertz CT molecular complexity index is 523. The normalized spacial score (nSPS) is 13.0. The number of rotatable bonds is 9. The molecule has 0 heterocycles. The fourth-order valence-electron chi connectivity index (χ4n) is 1.68. The molecule has 21 heavy (non-hydrogen) atoms. The van der Waals surface area contributed by atoms with Gasteiger partial charge in [-0.25, -0.2) is 0 Å². The summed E-state index contributed by atoms with van der Waals surface area (Å²) >= 11 is 0. The second kappa shape index (κ2) is 8.54. The molecule has 6 nitrogen and oxygen atoms in total. The number of hydrogen-bond donors (Lipinski definition) is 0. The van der Waals surface area contributed by atoms with Crippen molar-refractivity contribution in [1.82, 2.24) is 0 Å². The molecule has 8 heteroatoms. The van der Waals surface area contributed by atoms with E-state index in [4.69, 9.17) is 18.5 Å². The molecule has 0 aliphatic heterocycles. The standard InChI is InChI=1S/C13H21O6PS/c1-5-18-20(14,19-6-2)10-21(15)11-7-8-12(16-3)13(9-11)17-4/h7-9H,5-6,10H2,1-4H3. The lowest BCUT2D eigenvalue weighted by Gasteiger charge is -2.16. The molecular formula is C13H21O6PS. The van der Waals surface area contributed by atoms with Gasteiger partial charge in [-0.05, 0) is 26.0 Å². The highest BCUT2D eigenvalue weighted by atomic mass is 32.2. The zero-order chi connectivity index (χ0) is 15.9. The van der Waals surface area contributed by atoms with Crippen molar-refractivity contribution in [3.05, 3.63) is 18.2 Å². The summed E-state index contributed by atoms with van der Waals surface area (Å²) in [6.07, 6.45) is 0. The van der Waals surface area contributed by atoms with E-state index in [9.17, 15) is 8.77 Å². The first-order chi connectivity index (χ1) is 9.99. The summed E-state index contributed by atoms with van der Waals surface area (Å²) in [5.41, 5.74) is -0.190. The van der Waals surface area contributed by atoms with Crippen LogP contribution in [-0.2, 0) is 24.4 Å². The summed E-state index contributed by atoms with van der Waals surface area (Å²) in [5.74, 6) is 1.00. The van der Waals surface area contributed by atoms with Gasteiger partial charge in [-0.15, -0.1) is 0 Å². The van der Waals surface area contributed by atoms with E-state index in [1.54, 1.807) is 32.0 Å². The monoisotopic (exact) mass is 336 g/mol. The fraction of sp³-hybridized carbons (Fsp3) is 0.538. The van der Waals surface area contributed by atoms with E-state index < -0.39 is 18.4 Å². The molecule has 0 bridgehead atoms. The van der Waals surface area contributed by atoms with E-state index in [-0.39, 0.29) is 18.7 Å². The van der Waals surface area contributed by atoms with E-state index >= 15 is 0 Å². The predicted octanol–water partition coefficient (Wildman–Crippen LogP) is 3.04. The third kappa shape index (κ3) is 5.11. The first-order valence-electron chi connectivity index (χ1n) is 6.48. The molecule has 0 aromatic heterocycles. The number of methoxy groups -OCH3 is 2. The van der Waals surface area contributed by atoms with Gasteiger partial charge in [-0.1, -0.05) is 0 Å². The largest absolute Gasteiger partial charge is 0.493 e. The summed E-state index contributed by atoms with van der Waals surface area (Å²) in [4.78, 5) is 0.479. The summed E-state index contributed by atoms with van der Waals surface area (Å²) in [6, 6.07) is 4.88. The average Bonchev–Trinajstić information content (AvgIpc) is 2.46. The molecule has 1 aromatic carbocycles. The molecule has 0 aliphatic carbocycles. The van der Waals surface area contributed by atoms with Crippen LogP contribution in [-0.4, -0.2) is 37.1 Å². The lowest BCUT2D eigenvalue weighted by atomic mass is 10.3. The molecule has 0 saturated heterocycles. The van der Waals surface area contributed by atoms with Gasteiger partial charge in [-0.2, -0.15) is 0 Å². The van der Waals surface area contributed by atoms with E-state index in [0.29, 0.717) is 16.4 Å². The van der Waals surface area contributed by atoms with Crippen LogP contribution in [0.25, 0.3) is 0 Å². The fourth-order valence-corrected chi connectivity index (χ4v) is 5.34. The second-order valence-corrected chi connectivity index (χ2v) is 7.87. The van der Waals surface area contributed by atoms with Crippen molar-refractivity contribution in [1.29, 1.82) is 0 Å². The van der Waals surface area contributed by atoms with Crippen LogP contribution >= 0.6 is 7.60 Å². The van der Waals surface area contributed by atoms with Gasteiger partial charge in [0.2, 0.25) is 0 Å². The molecule has 0 amide bonds. The molecule has 1 unspecified atom stereocenters. The molecule has 1 rings (SSSR count). The summed E-state index contributed by atoms with van der Waals surface area (Å²) in [7, 11) is -1.87. The molecule has 0 N–H and O–H groups in total. The smallest absolute Gasteiger partial charge is 0.343 e. The van der Waals surface area contributed by atoms with Crippen LogP contribution in [0.4, 0.5) is 0 Å². The SMILES string of the molecule is CCOP(=O)(CS(=O)c1ccc(OC)c(OC)c1)OCC. The van der Waals surface area contributed by atoms with Crippen molar-refractivity contribution in [3.8, 4) is 11.5 Å². The molecule has 0 radical (unpaired) electrons. The van der Waals surface area contributed by atoms with Crippen LogP contribution in [0.2, 0.25) is 0 Å². The number of ether oxygens (including phenoxy) is 2. The predicted molar refractivity (Wildman–Crippen MR) is 81.7 cm³/mol. The molecule has 1 aromatic rings. The Kier molecular flexibility index (Phi) is 7.39. The van der Waals surface area contributed by atoms with Crippen LogP contribution in [0.5, 0.6) is 11.5 Å². The summed E-state index contributed by atoms with van der Waals surface area (Å²) in [6.45, 7) is 3.90. The highest BCUT2D eigenvalue weighted by Crippen LogP contribution is 2.49. The minimum absolute atomic E-state index is 0.190. The second-order valence-electron chi connectivity index (χ2n) is 3.94. The molecule has 0 saturated carbocycles. The van der Waals surface area contributed by atoms with E-state index in [0.717, 1.165) is 0 Å². The van der Waals surface area contributed by atoms with Crippen LogP contribution < -0.4 is 9.47 Å². The van der Waals surface area contributed by atoms with Gasteiger partial charge in [0.25, 0.3) is 0 Å². The van der Waals surface area contributed by atoms with Crippen LogP contribution in [0, 0.1) is 0 Å². The maximum Gasteiger partial charge on any atom is 0.343 e. The lowest BCUT2D eigenvalue weighted by molar-refractivity contribution is 0.224. The molecule has 0 fully saturated rings. The Morgan fingerprint density at radius 1 is 1.05 bits per heavy atom. The molecule has 0 aliphatic rings. The maximum absolute atomic E-state index is 12.4. The molecule has 0 spiro atoms. The first-order valence-corrected chi connectivity index (χ1v) is 9.52. The van der Waals surface area contributed by atoms with Crippen molar-refractivity contribution in [2.75, 3.05) is 32.9 Å². The van der Waals surface area contributed by atoms with Gasteiger partial charge in [0.1, 0.15) is 5.49 Å². The van der Waals surface area contributed by atoms with E-state index in [1.807, 2.05) is 0 Å². The van der Waals surface area contributed by atoms with Crippen molar-refractivity contribution in [2.45, 2.75) is 18.7 Å². The molecule has 120 valence electrons. The first kappa shape index (κ1) is 18.2. The minimum atomic E-state index is -3.36. The lowest BCUT2D eigenvalue weighted by Crippen LogP contribution is -2.06. The third-order valence-corrected chi connectivity index (χ3v) is 6.83. The molecule has 1 atom stereocenters. The highest BCUT2D eigenvalue weighted by molar-refractivity contribution is 7.92. The van der Waals surface area contributed by atoms with Crippen LogP contribution in [0.1, 0.15) is 13.8 Å². The van der Waals surface area contributed by atoms with Crippen LogP contribution in [0.15, 0.2) is 23.1 Å². The van der Waals surface area contributed by atoms with Crippen LogP contribution in [0.3, 0.4) is 0 Å². The van der Waals surface area contributed by atoms with Crippen molar-refractivity contribution >= 4 is 18.4 Å². The van der Waals surface area contributed by atoms with Crippen molar-refractivity contribution < 1.29 is 27.3 Å². The van der Waals surface area contributed by atoms with Gasteiger partial charge >= 0.3 is 7.60 Å². The Balaban J connectivity index is 2.95. The maximum atomic E-state index is 12.4. The van der Waals surface area contributed by atoms with Gasteiger partial charge in [0, 0.05) is 11.0 Å². The van der Waals surface area contributed by atoms with Gasteiger partial charge in [-0.3, -0.25) is 8.77 Å². The Morgan fingerprint density at radius 3 is 2.10 bits per heavy atom. The van der Waals surface area contributed by atoms with Crippen molar-refractivity contribution in [3.63, 3.8) is 0 Å². The summed E-state index contributed by atoms with van der Waals surface area (Å²) < 4.78 is 45.3. The number of hydrogen-bond acceptors (Lipinski definition) is 6. The molecular weight excluding hydrogens is 315 g/mol. The van der Waals surface area contributed by atoms with Gasteiger partial charge < -0.3 is 18.5 Å². The minimum Gasteiger partial charge on any atom is -0.493 e. The van der Waals surface area contributed by atoms with Gasteiger partial charge in [0.15, 0.2) is 11.5 Å². The Hall–Kier alpha value is -0.880. The topological polar surface area (TPSA) is 71.1 Å².